The van der Waals surface area contributed by atoms with E-state index in [1.165, 1.54) is 37.6 Å². The Kier molecular flexibility index (Phi) is 4.03. The van der Waals surface area contributed by atoms with Crippen molar-refractivity contribution in [2.45, 2.75) is 4.90 Å². The lowest BCUT2D eigenvalue weighted by Gasteiger charge is -2.08. The van der Waals surface area contributed by atoms with Gasteiger partial charge in [0.2, 0.25) is 5.88 Å². The average Bonchev–Trinajstić information content (AvgIpc) is 2.47. The van der Waals surface area contributed by atoms with Crippen LogP contribution in [-0.4, -0.2) is 25.4 Å². The van der Waals surface area contributed by atoms with E-state index in [0.717, 1.165) is 12.1 Å². The molecule has 2 aromatic rings. The molecule has 1 heterocycles. The summed E-state index contributed by atoms with van der Waals surface area (Å²) in [7, 11) is -2.65. The van der Waals surface area contributed by atoms with Crippen LogP contribution in [0.5, 0.6) is 5.88 Å². The second-order valence-corrected chi connectivity index (χ2v) is 5.57. The number of benzene rings is 1. The van der Waals surface area contributed by atoms with Crippen LogP contribution in [0.2, 0.25) is 0 Å². The lowest BCUT2D eigenvalue weighted by atomic mass is 10.3. The number of methoxy groups -OCH3 is 1. The number of ether oxygens (including phenoxy) is 1. The number of sulfonamides is 1. The first kappa shape index (κ1) is 14.7. The van der Waals surface area contributed by atoms with Gasteiger partial charge >= 0.3 is 0 Å². The molecular formula is C12H11N3O5S. The van der Waals surface area contributed by atoms with Gasteiger partial charge in [0, 0.05) is 12.1 Å². The number of pyridine rings is 1. The van der Waals surface area contributed by atoms with Gasteiger partial charge in [0.15, 0.2) is 4.90 Å². The maximum atomic E-state index is 12.2. The number of aromatic nitrogens is 1. The Labute approximate surface area is 120 Å². The third-order valence-electron chi connectivity index (χ3n) is 2.55. The Bertz CT molecular complexity index is 759. The SMILES string of the molecule is COc1ccc(NS(=O)(=O)c2ccccc2[N+](=O)[O-])cn1. The molecule has 0 aliphatic carbocycles. The van der Waals surface area contributed by atoms with Crippen molar-refractivity contribution >= 4 is 21.4 Å². The largest absolute Gasteiger partial charge is 0.481 e. The molecule has 1 aromatic carbocycles. The third kappa shape index (κ3) is 3.26. The van der Waals surface area contributed by atoms with Gasteiger partial charge in [-0.1, -0.05) is 12.1 Å². The average molecular weight is 309 g/mol. The number of nitrogens with one attached hydrogen (secondary N) is 1. The Morgan fingerprint density at radius 3 is 2.52 bits per heavy atom. The number of para-hydroxylation sites is 1. The summed E-state index contributed by atoms with van der Waals surface area (Å²) in [6.07, 6.45) is 1.26. The van der Waals surface area contributed by atoms with Crippen molar-refractivity contribution in [2.24, 2.45) is 0 Å². The molecule has 0 radical (unpaired) electrons. The summed E-state index contributed by atoms with van der Waals surface area (Å²) < 4.78 is 31.5. The molecule has 0 amide bonds. The van der Waals surface area contributed by atoms with Gasteiger partial charge in [0.25, 0.3) is 15.7 Å². The molecule has 0 saturated carbocycles. The molecular weight excluding hydrogens is 298 g/mol. The number of hydrogen-bond donors (Lipinski definition) is 1. The van der Waals surface area contributed by atoms with Crippen LogP contribution in [0.15, 0.2) is 47.5 Å². The number of nitro groups is 1. The van der Waals surface area contributed by atoms with E-state index in [1.54, 1.807) is 0 Å². The van der Waals surface area contributed by atoms with Crippen molar-refractivity contribution in [2.75, 3.05) is 11.8 Å². The Morgan fingerprint density at radius 2 is 1.95 bits per heavy atom. The first-order valence-corrected chi connectivity index (χ1v) is 7.18. The third-order valence-corrected chi connectivity index (χ3v) is 3.98. The van der Waals surface area contributed by atoms with Crippen molar-refractivity contribution in [1.82, 2.24) is 4.98 Å². The number of hydrogen-bond acceptors (Lipinski definition) is 6. The molecule has 0 saturated heterocycles. The summed E-state index contributed by atoms with van der Waals surface area (Å²) in [6, 6.07) is 8.01. The van der Waals surface area contributed by atoms with Crippen LogP contribution in [0.25, 0.3) is 0 Å². The monoisotopic (exact) mass is 309 g/mol. The number of rotatable bonds is 5. The van der Waals surface area contributed by atoms with E-state index in [-0.39, 0.29) is 5.69 Å². The van der Waals surface area contributed by atoms with Crippen LogP contribution in [0, 0.1) is 10.1 Å². The first-order valence-electron chi connectivity index (χ1n) is 5.70. The highest BCUT2D eigenvalue weighted by Crippen LogP contribution is 2.25. The summed E-state index contributed by atoms with van der Waals surface area (Å²) in [5.41, 5.74) is -0.319. The normalized spacial score (nSPS) is 10.9. The summed E-state index contributed by atoms with van der Waals surface area (Å²) >= 11 is 0. The van der Waals surface area contributed by atoms with Crippen LogP contribution in [0.4, 0.5) is 11.4 Å². The van der Waals surface area contributed by atoms with E-state index in [0.29, 0.717) is 5.88 Å². The smallest absolute Gasteiger partial charge is 0.289 e. The molecule has 9 heteroatoms. The minimum absolute atomic E-state index is 0.175. The van der Waals surface area contributed by atoms with Crippen LogP contribution in [-0.2, 0) is 10.0 Å². The number of nitrogens with zero attached hydrogens (tertiary/aromatic N) is 2. The van der Waals surface area contributed by atoms with Crippen LogP contribution in [0.1, 0.15) is 0 Å². The Hall–Kier alpha value is -2.68. The zero-order valence-electron chi connectivity index (χ0n) is 10.9. The second-order valence-electron chi connectivity index (χ2n) is 3.92. The van der Waals surface area contributed by atoms with Gasteiger partial charge in [0.1, 0.15) is 0 Å². The van der Waals surface area contributed by atoms with Gasteiger partial charge in [-0.2, -0.15) is 0 Å². The Morgan fingerprint density at radius 1 is 1.24 bits per heavy atom. The molecule has 1 aromatic heterocycles. The predicted octanol–water partition coefficient (Wildman–Crippen LogP) is 1.80. The molecule has 8 nitrogen and oxygen atoms in total. The van der Waals surface area contributed by atoms with Crippen LogP contribution >= 0.6 is 0 Å². The highest BCUT2D eigenvalue weighted by Gasteiger charge is 2.25. The van der Waals surface area contributed by atoms with E-state index in [1.807, 2.05) is 0 Å². The standard InChI is InChI=1S/C12H11N3O5S/c1-20-12-7-6-9(8-13-12)14-21(18,19)11-5-3-2-4-10(11)15(16)17/h2-8,14H,1H3. The van der Waals surface area contributed by atoms with Crippen molar-refractivity contribution in [3.05, 3.63) is 52.7 Å². The maximum absolute atomic E-state index is 12.2. The zero-order chi connectivity index (χ0) is 15.5. The van der Waals surface area contributed by atoms with Gasteiger partial charge in [-0.15, -0.1) is 0 Å². The lowest BCUT2D eigenvalue weighted by Crippen LogP contribution is -2.14. The zero-order valence-corrected chi connectivity index (χ0v) is 11.7. The van der Waals surface area contributed by atoms with E-state index in [2.05, 4.69) is 9.71 Å². The molecule has 0 unspecified atom stereocenters. The predicted molar refractivity (Wildman–Crippen MR) is 74.7 cm³/mol. The highest BCUT2D eigenvalue weighted by atomic mass is 32.2. The van der Waals surface area contributed by atoms with Gasteiger partial charge in [-0.05, 0) is 12.1 Å². The fourth-order valence-electron chi connectivity index (χ4n) is 1.61. The van der Waals surface area contributed by atoms with Crippen LogP contribution in [0.3, 0.4) is 0 Å². The maximum Gasteiger partial charge on any atom is 0.289 e. The van der Waals surface area contributed by atoms with E-state index in [4.69, 9.17) is 4.74 Å². The molecule has 2 rings (SSSR count). The fourth-order valence-corrected chi connectivity index (χ4v) is 2.82. The summed E-state index contributed by atoms with van der Waals surface area (Å²) in [4.78, 5) is 13.6. The lowest BCUT2D eigenvalue weighted by molar-refractivity contribution is -0.387. The van der Waals surface area contributed by atoms with Crippen molar-refractivity contribution in [1.29, 1.82) is 0 Å². The molecule has 0 aliphatic rings. The summed E-state index contributed by atoms with van der Waals surface area (Å²) in [5, 5.41) is 10.9. The molecule has 1 N–H and O–H groups in total. The minimum atomic E-state index is -4.08. The first-order chi connectivity index (χ1) is 9.94. The quantitative estimate of drug-likeness (QED) is 0.666. The molecule has 0 aliphatic heterocycles. The van der Waals surface area contributed by atoms with Crippen LogP contribution < -0.4 is 9.46 Å². The number of anilines is 1. The number of nitro benzene ring substituents is 1. The molecule has 21 heavy (non-hydrogen) atoms. The molecule has 0 bridgehead atoms. The van der Waals surface area contributed by atoms with Gasteiger partial charge in [0.05, 0.1) is 23.9 Å². The van der Waals surface area contributed by atoms with E-state index >= 15 is 0 Å². The van der Waals surface area contributed by atoms with E-state index < -0.39 is 25.5 Å². The second kappa shape index (κ2) is 5.75. The minimum Gasteiger partial charge on any atom is -0.481 e. The topological polar surface area (TPSA) is 111 Å². The van der Waals surface area contributed by atoms with Gasteiger partial charge in [-0.25, -0.2) is 13.4 Å². The molecule has 0 spiro atoms. The van der Waals surface area contributed by atoms with E-state index in [9.17, 15) is 18.5 Å². The summed E-state index contributed by atoms with van der Waals surface area (Å²) in [5.74, 6) is 0.323. The van der Waals surface area contributed by atoms with Crippen molar-refractivity contribution in [3.63, 3.8) is 0 Å². The molecule has 110 valence electrons. The van der Waals surface area contributed by atoms with Crippen molar-refractivity contribution < 1.29 is 18.1 Å². The fraction of sp³-hybridized carbons (Fsp3) is 0.0833. The molecule has 0 fully saturated rings. The van der Waals surface area contributed by atoms with Gasteiger partial charge < -0.3 is 4.74 Å². The van der Waals surface area contributed by atoms with Gasteiger partial charge in [-0.3, -0.25) is 14.8 Å². The summed E-state index contributed by atoms with van der Waals surface area (Å²) in [6.45, 7) is 0. The Balaban J connectivity index is 2.36. The van der Waals surface area contributed by atoms with Crippen molar-refractivity contribution in [3.8, 4) is 5.88 Å². The highest BCUT2D eigenvalue weighted by molar-refractivity contribution is 7.92. The molecule has 0 atom stereocenters.